The van der Waals surface area contributed by atoms with Crippen molar-refractivity contribution in [3.8, 4) is 11.5 Å². The van der Waals surface area contributed by atoms with Gasteiger partial charge in [-0.05, 0) is 67.5 Å². The summed E-state index contributed by atoms with van der Waals surface area (Å²) in [5.74, 6) is 0.913. The van der Waals surface area contributed by atoms with Crippen molar-refractivity contribution in [3.63, 3.8) is 0 Å². The smallest absolute Gasteiger partial charge is 0.254 e. The van der Waals surface area contributed by atoms with Gasteiger partial charge in [0.25, 0.3) is 5.91 Å². The number of piperazine rings is 1. The minimum absolute atomic E-state index is 0.155. The largest absolute Gasteiger partial charge is 0.493 e. The van der Waals surface area contributed by atoms with Gasteiger partial charge >= 0.3 is 0 Å². The fourth-order valence-corrected chi connectivity index (χ4v) is 6.28. The van der Waals surface area contributed by atoms with Crippen LogP contribution in [0.2, 0.25) is 0 Å². The Bertz CT molecular complexity index is 1180. The van der Waals surface area contributed by atoms with E-state index in [0.29, 0.717) is 41.5 Å². The van der Waals surface area contributed by atoms with E-state index in [0.717, 1.165) is 36.8 Å². The van der Waals surface area contributed by atoms with Crippen LogP contribution in [0.15, 0.2) is 47.9 Å². The molecule has 0 atom stereocenters. The molecule has 2 aromatic rings. The number of carbonyl (C=O) groups excluding carboxylic acids is 1. The van der Waals surface area contributed by atoms with Crippen LogP contribution in [0.3, 0.4) is 0 Å². The van der Waals surface area contributed by atoms with Crippen LogP contribution in [0.1, 0.15) is 39.9 Å². The van der Waals surface area contributed by atoms with Crippen molar-refractivity contribution in [3.05, 3.63) is 65.2 Å². The third-order valence-corrected chi connectivity index (χ3v) is 8.55. The number of benzene rings is 2. The fourth-order valence-electron chi connectivity index (χ4n) is 4.81. The van der Waals surface area contributed by atoms with E-state index >= 15 is 0 Å². The van der Waals surface area contributed by atoms with Gasteiger partial charge in [0.2, 0.25) is 10.0 Å². The monoisotopic (exact) mass is 484 g/mol. The highest BCUT2D eigenvalue weighted by atomic mass is 32.2. The van der Waals surface area contributed by atoms with Crippen molar-refractivity contribution in [1.82, 2.24) is 9.21 Å². The summed E-state index contributed by atoms with van der Waals surface area (Å²) in [6, 6.07) is 8.98. The lowest BCUT2D eigenvalue weighted by Crippen LogP contribution is -2.50. The molecule has 1 amide bonds. The molecule has 4 rings (SSSR count). The zero-order chi connectivity index (χ0) is 24.3. The number of methoxy groups -OCH3 is 2. The highest BCUT2D eigenvalue weighted by molar-refractivity contribution is 7.89. The van der Waals surface area contributed by atoms with Gasteiger partial charge < -0.3 is 14.4 Å². The van der Waals surface area contributed by atoms with E-state index in [-0.39, 0.29) is 19.0 Å². The first-order valence-electron chi connectivity index (χ1n) is 11.7. The summed E-state index contributed by atoms with van der Waals surface area (Å²) < 4.78 is 38.9. The number of aryl methyl sites for hydroxylation is 2. The average molecular weight is 485 g/mol. The Morgan fingerprint density at radius 3 is 2.35 bits per heavy atom. The normalized spacial score (nSPS) is 16.6. The molecule has 2 aliphatic rings. The number of carbonyl (C=O) groups is 1. The summed E-state index contributed by atoms with van der Waals surface area (Å²) in [4.78, 5) is 15.3. The SMILES string of the molecule is C=CCc1cc(C(=O)N2CCN(S(=O)(=O)c3ccc4c(c3)CCCC4)CC2)cc(OC)c1OC. The Kier molecular flexibility index (Phi) is 7.28. The van der Waals surface area contributed by atoms with Crippen molar-refractivity contribution < 1.29 is 22.7 Å². The number of sulfonamides is 1. The number of fused-ring (bicyclic) bond motifs is 1. The van der Waals surface area contributed by atoms with Crippen molar-refractivity contribution in [2.45, 2.75) is 37.0 Å². The highest BCUT2D eigenvalue weighted by Gasteiger charge is 2.31. The minimum Gasteiger partial charge on any atom is -0.493 e. The first-order valence-corrected chi connectivity index (χ1v) is 13.1. The lowest BCUT2D eigenvalue weighted by atomic mass is 9.92. The van der Waals surface area contributed by atoms with E-state index in [1.54, 1.807) is 36.3 Å². The predicted molar refractivity (Wildman–Crippen MR) is 131 cm³/mol. The van der Waals surface area contributed by atoms with Crippen LogP contribution in [0, 0.1) is 0 Å². The molecule has 7 nitrogen and oxygen atoms in total. The summed E-state index contributed by atoms with van der Waals surface area (Å²) in [7, 11) is -0.496. The van der Waals surface area contributed by atoms with Crippen molar-refractivity contribution in [2.75, 3.05) is 40.4 Å². The van der Waals surface area contributed by atoms with Crippen LogP contribution in [-0.2, 0) is 29.3 Å². The number of rotatable bonds is 7. The highest BCUT2D eigenvalue weighted by Crippen LogP contribution is 2.34. The second-order valence-electron chi connectivity index (χ2n) is 8.70. The summed E-state index contributed by atoms with van der Waals surface area (Å²) in [6.45, 7) is 4.96. The van der Waals surface area contributed by atoms with E-state index < -0.39 is 10.0 Å². The number of allylic oxidation sites excluding steroid dienone is 1. The van der Waals surface area contributed by atoms with Gasteiger partial charge in [-0.25, -0.2) is 8.42 Å². The van der Waals surface area contributed by atoms with Crippen LogP contribution in [0.5, 0.6) is 11.5 Å². The van der Waals surface area contributed by atoms with Crippen LogP contribution in [-0.4, -0.2) is 63.9 Å². The molecule has 182 valence electrons. The lowest BCUT2D eigenvalue weighted by molar-refractivity contribution is 0.0697. The van der Waals surface area contributed by atoms with Gasteiger partial charge in [0.05, 0.1) is 19.1 Å². The molecule has 0 radical (unpaired) electrons. The molecule has 8 heteroatoms. The molecule has 1 saturated heterocycles. The number of ether oxygens (including phenoxy) is 2. The van der Waals surface area contributed by atoms with E-state index in [1.807, 2.05) is 12.1 Å². The minimum atomic E-state index is -3.60. The first kappa shape index (κ1) is 24.3. The van der Waals surface area contributed by atoms with Gasteiger partial charge in [-0.2, -0.15) is 4.31 Å². The van der Waals surface area contributed by atoms with E-state index in [1.165, 1.54) is 17.0 Å². The van der Waals surface area contributed by atoms with Gasteiger partial charge in [0.1, 0.15) is 0 Å². The van der Waals surface area contributed by atoms with E-state index in [4.69, 9.17) is 9.47 Å². The molecule has 0 saturated carbocycles. The fraction of sp³-hybridized carbons (Fsp3) is 0.423. The maximum absolute atomic E-state index is 13.3. The second-order valence-corrected chi connectivity index (χ2v) is 10.6. The van der Waals surface area contributed by atoms with Gasteiger partial charge in [-0.1, -0.05) is 12.1 Å². The van der Waals surface area contributed by atoms with Crippen molar-refractivity contribution in [2.24, 2.45) is 0 Å². The molecule has 1 heterocycles. The molecule has 2 aromatic carbocycles. The summed E-state index contributed by atoms with van der Waals surface area (Å²) in [5.41, 5.74) is 3.70. The molecular weight excluding hydrogens is 452 g/mol. The Labute approximate surface area is 202 Å². The second kappa shape index (κ2) is 10.2. The maximum Gasteiger partial charge on any atom is 0.254 e. The lowest BCUT2D eigenvalue weighted by Gasteiger charge is -2.34. The average Bonchev–Trinajstić information content (AvgIpc) is 2.87. The van der Waals surface area contributed by atoms with Crippen molar-refractivity contribution >= 4 is 15.9 Å². The molecule has 0 bridgehead atoms. The first-order chi connectivity index (χ1) is 16.4. The molecule has 1 fully saturated rings. The quantitative estimate of drug-likeness (QED) is 0.563. The van der Waals surface area contributed by atoms with Gasteiger partial charge in [0.15, 0.2) is 11.5 Å². The van der Waals surface area contributed by atoms with Crippen LogP contribution in [0.25, 0.3) is 0 Å². The number of amides is 1. The molecular formula is C26H32N2O5S. The summed E-state index contributed by atoms with van der Waals surface area (Å²) in [6.07, 6.45) is 6.48. The molecule has 0 spiro atoms. The number of hydrogen-bond acceptors (Lipinski definition) is 5. The van der Waals surface area contributed by atoms with E-state index in [9.17, 15) is 13.2 Å². The maximum atomic E-state index is 13.3. The number of nitrogens with zero attached hydrogens (tertiary/aromatic N) is 2. The molecule has 0 aromatic heterocycles. The molecule has 1 aliphatic heterocycles. The Morgan fingerprint density at radius 2 is 1.71 bits per heavy atom. The Hall–Kier alpha value is -2.84. The molecule has 1 aliphatic carbocycles. The third kappa shape index (κ3) is 4.70. The third-order valence-electron chi connectivity index (χ3n) is 6.65. The van der Waals surface area contributed by atoms with Crippen LogP contribution >= 0.6 is 0 Å². The van der Waals surface area contributed by atoms with Gasteiger partial charge in [0, 0.05) is 37.3 Å². The van der Waals surface area contributed by atoms with Gasteiger partial charge in [-0.15, -0.1) is 6.58 Å². The summed E-state index contributed by atoms with van der Waals surface area (Å²) >= 11 is 0. The Morgan fingerprint density at radius 1 is 1.00 bits per heavy atom. The topological polar surface area (TPSA) is 76.2 Å². The zero-order valence-electron chi connectivity index (χ0n) is 19.9. The van der Waals surface area contributed by atoms with Gasteiger partial charge in [-0.3, -0.25) is 4.79 Å². The Balaban J connectivity index is 1.49. The van der Waals surface area contributed by atoms with Crippen LogP contribution in [0.4, 0.5) is 0 Å². The summed E-state index contributed by atoms with van der Waals surface area (Å²) in [5, 5.41) is 0. The standard InChI is InChI=1S/C26H32N2O5S/c1-4-7-21-16-22(18-24(32-2)25(21)33-3)26(29)27-12-14-28(15-13-27)34(30,31)23-11-10-19-8-5-6-9-20(19)17-23/h4,10-11,16-18H,1,5-9,12-15H2,2-3H3. The number of hydrogen-bond donors (Lipinski definition) is 0. The van der Waals surface area contributed by atoms with Crippen LogP contribution < -0.4 is 9.47 Å². The molecule has 34 heavy (non-hydrogen) atoms. The molecule has 0 N–H and O–H groups in total. The predicted octanol–water partition coefficient (Wildman–Crippen LogP) is 3.46. The molecule has 0 unspecified atom stereocenters. The zero-order valence-corrected chi connectivity index (χ0v) is 20.7. The van der Waals surface area contributed by atoms with Crippen molar-refractivity contribution in [1.29, 1.82) is 0 Å². The van der Waals surface area contributed by atoms with E-state index in [2.05, 4.69) is 6.58 Å².